The lowest BCUT2D eigenvalue weighted by molar-refractivity contribution is 0.0943. The molecule has 0 aliphatic carbocycles. The van der Waals surface area contributed by atoms with Crippen molar-refractivity contribution >= 4 is 17.2 Å². The van der Waals surface area contributed by atoms with Gasteiger partial charge in [0.15, 0.2) is 0 Å². The molecule has 0 fully saturated rings. The van der Waals surface area contributed by atoms with Crippen LogP contribution in [0.15, 0.2) is 66.0 Å². The second-order valence-electron chi connectivity index (χ2n) is 5.71. The summed E-state index contributed by atoms with van der Waals surface area (Å²) in [6.45, 7) is 4.02. The highest BCUT2D eigenvalue weighted by molar-refractivity contribution is 7.10. The summed E-state index contributed by atoms with van der Waals surface area (Å²) in [5.41, 5.74) is 4.00. The molecule has 0 radical (unpaired) electrons. The lowest BCUT2D eigenvalue weighted by Gasteiger charge is -2.18. The Hall–Kier alpha value is -2.39. The zero-order valence-corrected chi connectivity index (χ0v) is 14.1. The number of amides is 1. The topological polar surface area (TPSA) is 29.1 Å². The van der Waals surface area contributed by atoms with E-state index in [2.05, 4.69) is 17.4 Å². The van der Waals surface area contributed by atoms with Crippen molar-refractivity contribution in [2.45, 2.75) is 19.9 Å². The van der Waals surface area contributed by atoms with Crippen LogP contribution in [0.4, 0.5) is 0 Å². The molecule has 116 valence electrons. The van der Waals surface area contributed by atoms with Crippen LogP contribution in [-0.2, 0) is 0 Å². The first-order chi connectivity index (χ1) is 11.1. The average molecular weight is 321 g/mol. The number of carbonyl (C=O) groups is 1. The largest absolute Gasteiger partial charge is 0.340 e. The minimum atomic E-state index is -0.121. The van der Waals surface area contributed by atoms with Gasteiger partial charge in [0.25, 0.3) is 5.91 Å². The van der Waals surface area contributed by atoms with Crippen LogP contribution in [0.5, 0.6) is 0 Å². The monoisotopic (exact) mass is 321 g/mol. The minimum absolute atomic E-state index is 0.0425. The highest BCUT2D eigenvalue weighted by Gasteiger charge is 2.18. The maximum atomic E-state index is 12.7. The van der Waals surface area contributed by atoms with Gasteiger partial charge in [-0.2, -0.15) is 0 Å². The molecule has 0 saturated carbocycles. The molecule has 0 unspecified atom stereocenters. The van der Waals surface area contributed by atoms with E-state index in [1.165, 1.54) is 0 Å². The van der Waals surface area contributed by atoms with Crippen molar-refractivity contribution in [1.29, 1.82) is 0 Å². The molecule has 0 spiro atoms. The molecule has 23 heavy (non-hydrogen) atoms. The van der Waals surface area contributed by atoms with Crippen LogP contribution in [0.2, 0.25) is 0 Å². The number of hydrogen-bond donors (Lipinski definition) is 1. The van der Waals surface area contributed by atoms with Crippen LogP contribution >= 0.6 is 11.3 Å². The molecule has 0 saturated heterocycles. The Balaban J connectivity index is 1.91. The highest BCUT2D eigenvalue weighted by Crippen LogP contribution is 2.26. The van der Waals surface area contributed by atoms with Gasteiger partial charge in [-0.1, -0.05) is 53.6 Å². The first-order valence-electron chi connectivity index (χ1n) is 7.61. The van der Waals surface area contributed by atoms with E-state index in [0.29, 0.717) is 5.56 Å². The molecule has 1 aromatic heterocycles. The molecule has 0 aliphatic rings. The zero-order chi connectivity index (χ0) is 16.2. The van der Waals surface area contributed by atoms with Gasteiger partial charge in [-0.15, -0.1) is 11.3 Å². The zero-order valence-electron chi connectivity index (χ0n) is 13.2. The number of rotatable bonds is 4. The van der Waals surface area contributed by atoms with Crippen LogP contribution < -0.4 is 5.32 Å². The summed E-state index contributed by atoms with van der Waals surface area (Å²) in [5.74, 6) is -0.0425. The second-order valence-corrected chi connectivity index (χ2v) is 6.69. The van der Waals surface area contributed by atoms with Crippen molar-refractivity contribution in [3.8, 4) is 0 Å². The number of benzene rings is 2. The molecule has 0 aliphatic heterocycles. The van der Waals surface area contributed by atoms with Crippen LogP contribution in [0, 0.1) is 13.8 Å². The molecule has 1 heterocycles. The predicted octanol–water partition coefficient (Wildman–Crippen LogP) is 4.88. The average Bonchev–Trinajstić information content (AvgIpc) is 3.06. The van der Waals surface area contributed by atoms with E-state index in [4.69, 9.17) is 0 Å². The van der Waals surface area contributed by atoms with Gasteiger partial charge in [0, 0.05) is 10.4 Å². The van der Waals surface area contributed by atoms with E-state index in [1.54, 1.807) is 11.3 Å². The Kier molecular flexibility index (Phi) is 4.58. The Morgan fingerprint density at radius 1 is 0.957 bits per heavy atom. The molecule has 1 amide bonds. The lowest BCUT2D eigenvalue weighted by atomic mass is 10.0. The maximum absolute atomic E-state index is 12.7. The fourth-order valence-corrected chi connectivity index (χ4v) is 3.54. The third-order valence-corrected chi connectivity index (χ3v) is 4.66. The summed E-state index contributed by atoms with van der Waals surface area (Å²) in [6.07, 6.45) is 0. The van der Waals surface area contributed by atoms with Crippen molar-refractivity contribution in [2.75, 3.05) is 0 Å². The number of aryl methyl sites for hydroxylation is 2. The summed E-state index contributed by atoms with van der Waals surface area (Å²) in [6, 6.07) is 20.0. The molecular weight excluding hydrogens is 302 g/mol. The molecule has 0 bridgehead atoms. The smallest absolute Gasteiger partial charge is 0.252 e. The number of carbonyl (C=O) groups excluding carboxylic acids is 1. The standard InChI is InChI=1S/C20H19NOS/c1-14-11-15(2)13-17(12-14)20(22)21-19(18-9-6-10-23-18)16-7-4-3-5-8-16/h3-13,19H,1-2H3,(H,21,22)/t19-/m1/s1. The van der Waals surface area contributed by atoms with Crippen LogP contribution in [0.25, 0.3) is 0 Å². The fraction of sp³-hybridized carbons (Fsp3) is 0.150. The normalized spacial score (nSPS) is 11.9. The van der Waals surface area contributed by atoms with Crippen LogP contribution in [0.3, 0.4) is 0 Å². The highest BCUT2D eigenvalue weighted by atomic mass is 32.1. The molecular formula is C20H19NOS. The summed E-state index contributed by atoms with van der Waals surface area (Å²) in [5, 5.41) is 5.21. The van der Waals surface area contributed by atoms with Gasteiger partial charge >= 0.3 is 0 Å². The Morgan fingerprint density at radius 3 is 2.26 bits per heavy atom. The van der Waals surface area contributed by atoms with Crippen molar-refractivity contribution in [3.63, 3.8) is 0 Å². The van der Waals surface area contributed by atoms with Gasteiger partial charge < -0.3 is 5.32 Å². The number of thiophene rings is 1. The Labute approximate surface area is 140 Å². The summed E-state index contributed by atoms with van der Waals surface area (Å²) >= 11 is 1.65. The molecule has 2 nitrogen and oxygen atoms in total. The Bertz CT molecular complexity index is 774. The Morgan fingerprint density at radius 2 is 1.65 bits per heavy atom. The van der Waals surface area contributed by atoms with Gasteiger partial charge in [-0.3, -0.25) is 4.79 Å². The van der Waals surface area contributed by atoms with E-state index < -0.39 is 0 Å². The van der Waals surface area contributed by atoms with E-state index >= 15 is 0 Å². The van der Waals surface area contributed by atoms with Crippen molar-refractivity contribution in [2.24, 2.45) is 0 Å². The predicted molar refractivity (Wildman–Crippen MR) is 96.0 cm³/mol. The number of nitrogens with one attached hydrogen (secondary N) is 1. The quantitative estimate of drug-likeness (QED) is 0.728. The van der Waals surface area contributed by atoms with Crippen molar-refractivity contribution in [1.82, 2.24) is 5.32 Å². The third-order valence-electron chi connectivity index (χ3n) is 3.72. The number of hydrogen-bond acceptors (Lipinski definition) is 2. The third kappa shape index (κ3) is 3.69. The van der Waals surface area contributed by atoms with Gasteiger partial charge in [-0.05, 0) is 43.0 Å². The van der Waals surface area contributed by atoms with Gasteiger partial charge in [0.1, 0.15) is 0 Å². The minimum Gasteiger partial charge on any atom is -0.340 e. The maximum Gasteiger partial charge on any atom is 0.252 e. The summed E-state index contributed by atoms with van der Waals surface area (Å²) < 4.78 is 0. The van der Waals surface area contributed by atoms with Crippen molar-refractivity contribution < 1.29 is 4.79 Å². The first-order valence-corrected chi connectivity index (χ1v) is 8.49. The second kappa shape index (κ2) is 6.80. The molecule has 1 atom stereocenters. The van der Waals surface area contributed by atoms with E-state index in [-0.39, 0.29) is 11.9 Å². The lowest BCUT2D eigenvalue weighted by Crippen LogP contribution is -2.28. The SMILES string of the molecule is Cc1cc(C)cc(C(=O)N[C@H](c2ccccc2)c2cccs2)c1. The van der Waals surface area contributed by atoms with Crippen molar-refractivity contribution in [3.05, 3.63) is 93.2 Å². The molecule has 3 heteroatoms. The molecule has 3 aromatic rings. The van der Waals surface area contributed by atoms with E-state index in [1.807, 2.05) is 67.8 Å². The summed E-state index contributed by atoms with van der Waals surface area (Å²) in [4.78, 5) is 13.9. The van der Waals surface area contributed by atoms with Gasteiger partial charge in [0.2, 0.25) is 0 Å². The molecule has 3 rings (SSSR count). The van der Waals surface area contributed by atoms with Gasteiger partial charge in [0.05, 0.1) is 6.04 Å². The van der Waals surface area contributed by atoms with E-state index in [0.717, 1.165) is 21.6 Å². The van der Waals surface area contributed by atoms with Gasteiger partial charge in [-0.25, -0.2) is 0 Å². The van der Waals surface area contributed by atoms with E-state index in [9.17, 15) is 4.79 Å². The summed E-state index contributed by atoms with van der Waals surface area (Å²) in [7, 11) is 0. The molecule has 2 aromatic carbocycles. The van der Waals surface area contributed by atoms with Crippen LogP contribution in [0.1, 0.15) is 38.0 Å². The molecule has 1 N–H and O–H groups in total. The first kappa shape index (κ1) is 15.5. The van der Waals surface area contributed by atoms with Crippen LogP contribution in [-0.4, -0.2) is 5.91 Å². The fourth-order valence-electron chi connectivity index (χ4n) is 2.74.